The molecule has 2 heterocycles. The van der Waals surface area contributed by atoms with Crippen molar-refractivity contribution in [2.24, 2.45) is 0 Å². The van der Waals surface area contributed by atoms with Crippen molar-refractivity contribution in [1.82, 2.24) is 9.80 Å². The van der Waals surface area contributed by atoms with Crippen molar-refractivity contribution in [1.29, 1.82) is 0 Å². The van der Waals surface area contributed by atoms with Crippen molar-refractivity contribution in [3.63, 3.8) is 0 Å². The lowest BCUT2D eigenvalue weighted by Gasteiger charge is -2.36. The van der Waals surface area contributed by atoms with E-state index in [1.165, 1.54) is 11.6 Å². The number of halogens is 3. The predicted octanol–water partition coefficient (Wildman–Crippen LogP) is 4.89. The van der Waals surface area contributed by atoms with Crippen molar-refractivity contribution < 1.29 is 22.4 Å². The fraction of sp³-hybridized carbons (Fsp3) is 0.320. The summed E-state index contributed by atoms with van der Waals surface area (Å²) in [6.07, 6.45) is -4.38. The summed E-state index contributed by atoms with van der Waals surface area (Å²) in [7, 11) is 1.99. The van der Waals surface area contributed by atoms with E-state index < -0.39 is 11.7 Å². The van der Waals surface area contributed by atoms with E-state index in [4.69, 9.17) is 4.42 Å². The summed E-state index contributed by atoms with van der Waals surface area (Å²) in [5, 5.41) is 0. The molecule has 1 aromatic heterocycles. The fourth-order valence-electron chi connectivity index (χ4n) is 4.00. The van der Waals surface area contributed by atoms with Crippen LogP contribution in [0.3, 0.4) is 0 Å². The minimum atomic E-state index is -4.38. The van der Waals surface area contributed by atoms with Gasteiger partial charge in [-0.3, -0.25) is 9.69 Å². The summed E-state index contributed by atoms with van der Waals surface area (Å²) in [5.74, 6) is 0.792. The molecule has 1 aliphatic rings. The number of piperazine rings is 1. The van der Waals surface area contributed by atoms with Crippen LogP contribution in [0.4, 0.5) is 18.9 Å². The molecule has 33 heavy (non-hydrogen) atoms. The second-order valence-electron chi connectivity index (χ2n) is 8.25. The van der Waals surface area contributed by atoms with E-state index in [2.05, 4.69) is 17.0 Å². The van der Waals surface area contributed by atoms with Gasteiger partial charge in [-0.1, -0.05) is 36.4 Å². The van der Waals surface area contributed by atoms with Gasteiger partial charge in [0.1, 0.15) is 5.76 Å². The molecule has 0 atom stereocenters. The van der Waals surface area contributed by atoms with Crippen LogP contribution in [0.5, 0.6) is 0 Å². The van der Waals surface area contributed by atoms with Gasteiger partial charge in [-0.15, -0.1) is 0 Å². The van der Waals surface area contributed by atoms with E-state index in [9.17, 15) is 18.0 Å². The molecule has 2 aromatic carbocycles. The third kappa shape index (κ3) is 5.76. The molecular weight excluding hydrogens is 431 g/mol. The molecule has 0 spiro atoms. The third-order valence-corrected chi connectivity index (χ3v) is 5.70. The normalized spacial score (nSPS) is 14.7. The van der Waals surface area contributed by atoms with Crippen LogP contribution >= 0.6 is 0 Å². The molecule has 1 amide bonds. The number of nitrogens with zero attached hydrogens (tertiary/aromatic N) is 3. The zero-order valence-electron chi connectivity index (χ0n) is 18.4. The highest BCUT2D eigenvalue weighted by atomic mass is 19.4. The van der Waals surface area contributed by atoms with Crippen molar-refractivity contribution in [3.05, 3.63) is 89.4 Å². The molecule has 1 aliphatic heterocycles. The first-order chi connectivity index (χ1) is 15.8. The van der Waals surface area contributed by atoms with Crippen molar-refractivity contribution in [2.75, 3.05) is 38.1 Å². The van der Waals surface area contributed by atoms with Gasteiger partial charge in [0.25, 0.3) is 5.91 Å². The van der Waals surface area contributed by atoms with Crippen LogP contribution in [-0.4, -0.2) is 48.9 Å². The highest BCUT2D eigenvalue weighted by Gasteiger charge is 2.31. The minimum Gasteiger partial charge on any atom is -0.455 e. The van der Waals surface area contributed by atoms with E-state index in [0.717, 1.165) is 18.7 Å². The van der Waals surface area contributed by atoms with Crippen LogP contribution in [0.25, 0.3) is 0 Å². The molecule has 5 nitrogen and oxygen atoms in total. The molecule has 0 N–H and O–H groups in total. The Balaban J connectivity index is 1.32. The summed E-state index contributed by atoms with van der Waals surface area (Å²) in [5.41, 5.74) is 1.04. The number of anilines is 1. The predicted molar refractivity (Wildman–Crippen MR) is 120 cm³/mol. The molecule has 0 saturated carbocycles. The number of amides is 1. The number of furan rings is 1. The fourth-order valence-corrected chi connectivity index (χ4v) is 4.00. The average molecular weight is 457 g/mol. The number of rotatable bonds is 6. The van der Waals surface area contributed by atoms with Gasteiger partial charge in [0.05, 0.1) is 12.1 Å². The molecule has 174 valence electrons. The Bertz CT molecular complexity index is 1070. The quantitative estimate of drug-likeness (QED) is 0.528. The second kappa shape index (κ2) is 9.70. The van der Waals surface area contributed by atoms with Crippen LogP contribution in [0.15, 0.2) is 71.1 Å². The van der Waals surface area contributed by atoms with Gasteiger partial charge in [-0.25, -0.2) is 0 Å². The minimum absolute atomic E-state index is 0.198. The van der Waals surface area contributed by atoms with Gasteiger partial charge >= 0.3 is 6.18 Å². The zero-order valence-corrected chi connectivity index (χ0v) is 18.4. The van der Waals surface area contributed by atoms with Crippen molar-refractivity contribution >= 4 is 11.6 Å². The van der Waals surface area contributed by atoms with Gasteiger partial charge in [0.15, 0.2) is 5.76 Å². The number of hydrogen-bond acceptors (Lipinski definition) is 4. The van der Waals surface area contributed by atoms with Gasteiger partial charge < -0.3 is 14.2 Å². The summed E-state index contributed by atoms with van der Waals surface area (Å²) >= 11 is 0. The van der Waals surface area contributed by atoms with Gasteiger partial charge in [0.2, 0.25) is 0 Å². The number of carbonyl (C=O) groups excluding carboxylic acids is 1. The maximum absolute atomic E-state index is 13.0. The van der Waals surface area contributed by atoms with Crippen LogP contribution in [0.1, 0.15) is 27.4 Å². The number of hydrogen-bond donors (Lipinski definition) is 0. The van der Waals surface area contributed by atoms with E-state index in [1.54, 1.807) is 17.0 Å². The Labute approximate surface area is 191 Å². The van der Waals surface area contributed by atoms with E-state index >= 15 is 0 Å². The molecule has 1 fully saturated rings. The van der Waals surface area contributed by atoms with E-state index in [0.29, 0.717) is 44.2 Å². The lowest BCUT2D eigenvalue weighted by atomic mass is 10.1. The van der Waals surface area contributed by atoms with Gasteiger partial charge in [-0.05, 0) is 42.9 Å². The lowest BCUT2D eigenvalue weighted by molar-refractivity contribution is -0.137. The first-order valence-corrected chi connectivity index (χ1v) is 10.8. The highest BCUT2D eigenvalue weighted by molar-refractivity contribution is 5.91. The maximum Gasteiger partial charge on any atom is 0.416 e. The summed E-state index contributed by atoms with van der Waals surface area (Å²) < 4.78 is 44.8. The molecule has 0 unspecified atom stereocenters. The molecule has 3 aromatic rings. The largest absolute Gasteiger partial charge is 0.455 e. The molecule has 0 radical (unpaired) electrons. The van der Waals surface area contributed by atoms with Gasteiger partial charge in [-0.2, -0.15) is 13.2 Å². The summed E-state index contributed by atoms with van der Waals surface area (Å²) in [4.78, 5) is 18.5. The molecule has 1 saturated heterocycles. The van der Waals surface area contributed by atoms with Crippen LogP contribution < -0.4 is 4.90 Å². The number of carbonyl (C=O) groups is 1. The summed E-state index contributed by atoms with van der Waals surface area (Å²) in [6, 6.07) is 18.9. The Hall–Kier alpha value is -3.26. The lowest BCUT2D eigenvalue weighted by Crippen LogP contribution is -2.48. The monoisotopic (exact) mass is 457 g/mol. The zero-order chi connectivity index (χ0) is 23.4. The van der Waals surface area contributed by atoms with E-state index in [-0.39, 0.29) is 11.7 Å². The molecule has 4 rings (SSSR count). The van der Waals surface area contributed by atoms with Crippen LogP contribution in [0.2, 0.25) is 0 Å². The Morgan fingerprint density at radius 1 is 0.939 bits per heavy atom. The summed E-state index contributed by atoms with van der Waals surface area (Å²) in [6.45, 7) is 3.09. The SMILES string of the molecule is CN(Cc1ccccc1)Cc1ccc(C(=O)N2CCN(c3cccc(C(F)(F)F)c3)CC2)o1. The smallest absolute Gasteiger partial charge is 0.416 e. The second-order valence-corrected chi connectivity index (χ2v) is 8.25. The number of benzene rings is 2. The Morgan fingerprint density at radius 3 is 2.36 bits per heavy atom. The Morgan fingerprint density at radius 2 is 1.67 bits per heavy atom. The number of alkyl halides is 3. The third-order valence-electron chi connectivity index (χ3n) is 5.70. The van der Waals surface area contributed by atoms with E-state index in [1.807, 2.05) is 36.2 Å². The standard InChI is InChI=1S/C25H26F3N3O2/c1-29(17-19-6-3-2-4-7-19)18-22-10-11-23(33-22)24(32)31-14-12-30(13-15-31)21-9-5-8-20(16-21)25(26,27)28/h2-11,16H,12-15,17-18H2,1H3. The Kier molecular flexibility index (Phi) is 6.74. The molecular formula is C25H26F3N3O2. The van der Waals surface area contributed by atoms with Crippen molar-refractivity contribution in [2.45, 2.75) is 19.3 Å². The molecule has 0 aliphatic carbocycles. The maximum atomic E-state index is 13.0. The van der Waals surface area contributed by atoms with Crippen LogP contribution in [-0.2, 0) is 19.3 Å². The molecule has 0 bridgehead atoms. The first-order valence-electron chi connectivity index (χ1n) is 10.8. The highest BCUT2D eigenvalue weighted by Crippen LogP contribution is 2.32. The van der Waals surface area contributed by atoms with Crippen LogP contribution in [0, 0.1) is 0 Å². The molecule has 8 heteroatoms. The van der Waals surface area contributed by atoms with Crippen molar-refractivity contribution in [3.8, 4) is 0 Å². The van der Waals surface area contributed by atoms with Gasteiger partial charge in [0, 0.05) is 38.4 Å². The average Bonchev–Trinajstić information content (AvgIpc) is 3.27. The topological polar surface area (TPSA) is 39.9 Å². The first kappa shape index (κ1) is 22.9.